The zero-order valence-electron chi connectivity index (χ0n) is 12.1. The number of aliphatic hydroxyl groups is 1. The first-order valence-corrected chi connectivity index (χ1v) is 6.45. The minimum Gasteiger partial charge on any atom is -0.497 e. The van der Waals surface area contributed by atoms with Crippen molar-refractivity contribution >= 4 is 0 Å². The molecule has 1 rings (SSSR count). The van der Waals surface area contributed by atoms with Crippen LogP contribution >= 0.6 is 0 Å². The van der Waals surface area contributed by atoms with Crippen LogP contribution in [0.3, 0.4) is 0 Å². The van der Waals surface area contributed by atoms with Gasteiger partial charge in [-0.2, -0.15) is 0 Å². The van der Waals surface area contributed by atoms with E-state index in [0.29, 0.717) is 6.42 Å². The van der Waals surface area contributed by atoms with Crippen molar-refractivity contribution in [1.82, 2.24) is 4.90 Å². The van der Waals surface area contributed by atoms with Crippen LogP contribution in [0, 0.1) is 5.92 Å². The number of methoxy groups -OCH3 is 1. The Bertz CT molecular complexity index is 379. The SMILES string of the molecule is CCC(O)(c1cccc(OC)c1)[C@H](C)CN(C)C. The third-order valence-electron chi connectivity index (χ3n) is 3.56. The Balaban J connectivity index is 3.05. The van der Waals surface area contributed by atoms with Gasteiger partial charge in [0.1, 0.15) is 5.75 Å². The van der Waals surface area contributed by atoms with E-state index in [4.69, 9.17) is 4.74 Å². The Labute approximate surface area is 110 Å². The largest absolute Gasteiger partial charge is 0.497 e. The van der Waals surface area contributed by atoms with Crippen molar-refractivity contribution in [1.29, 1.82) is 0 Å². The summed E-state index contributed by atoms with van der Waals surface area (Å²) in [6.07, 6.45) is 0.690. The third-order valence-corrected chi connectivity index (χ3v) is 3.56. The van der Waals surface area contributed by atoms with E-state index in [0.717, 1.165) is 17.9 Å². The maximum absolute atomic E-state index is 10.9. The van der Waals surface area contributed by atoms with Crippen LogP contribution < -0.4 is 4.74 Å². The van der Waals surface area contributed by atoms with Gasteiger partial charge in [0, 0.05) is 12.5 Å². The number of ether oxygens (including phenoxy) is 1. The average Bonchev–Trinajstić information content (AvgIpc) is 2.37. The Morgan fingerprint density at radius 2 is 2.06 bits per heavy atom. The Hall–Kier alpha value is -1.06. The van der Waals surface area contributed by atoms with Gasteiger partial charge in [0.25, 0.3) is 0 Å². The molecular weight excluding hydrogens is 226 g/mol. The first kappa shape index (κ1) is 15.0. The molecule has 3 nitrogen and oxygen atoms in total. The molecule has 0 amide bonds. The summed E-state index contributed by atoms with van der Waals surface area (Å²) in [5.74, 6) is 0.945. The second kappa shape index (κ2) is 6.21. The smallest absolute Gasteiger partial charge is 0.119 e. The fraction of sp³-hybridized carbons (Fsp3) is 0.600. The van der Waals surface area contributed by atoms with Gasteiger partial charge in [-0.1, -0.05) is 26.0 Å². The van der Waals surface area contributed by atoms with Crippen molar-refractivity contribution in [2.24, 2.45) is 5.92 Å². The average molecular weight is 251 g/mol. The Kier molecular flexibility index (Phi) is 5.17. The predicted octanol–water partition coefficient (Wildman–Crippen LogP) is 2.49. The molecule has 0 heterocycles. The van der Waals surface area contributed by atoms with Gasteiger partial charge < -0.3 is 14.7 Å². The van der Waals surface area contributed by atoms with E-state index in [-0.39, 0.29) is 5.92 Å². The lowest BCUT2D eigenvalue weighted by molar-refractivity contribution is -0.0293. The lowest BCUT2D eigenvalue weighted by Gasteiger charge is -2.35. The van der Waals surface area contributed by atoms with Crippen molar-refractivity contribution in [2.45, 2.75) is 25.9 Å². The van der Waals surface area contributed by atoms with Gasteiger partial charge in [-0.05, 0) is 38.2 Å². The maximum Gasteiger partial charge on any atom is 0.119 e. The van der Waals surface area contributed by atoms with Crippen molar-refractivity contribution in [3.05, 3.63) is 29.8 Å². The molecule has 18 heavy (non-hydrogen) atoms. The van der Waals surface area contributed by atoms with Crippen molar-refractivity contribution in [2.75, 3.05) is 27.7 Å². The monoisotopic (exact) mass is 251 g/mol. The summed E-state index contributed by atoms with van der Waals surface area (Å²) < 4.78 is 5.23. The Morgan fingerprint density at radius 3 is 2.56 bits per heavy atom. The highest BCUT2D eigenvalue weighted by Crippen LogP contribution is 2.34. The second-order valence-electron chi connectivity index (χ2n) is 5.17. The van der Waals surface area contributed by atoms with E-state index >= 15 is 0 Å². The topological polar surface area (TPSA) is 32.7 Å². The van der Waals surface area contributed by atoms with Gasteiger partial charge in [-0.15, -0.1) is 0 Å². The molecule has 0 saturated heterocycles. The number of benzene rings is 1. The maximum atomic E-state index is 10.9. The molecule has 0 aromatic heterocycles. The number of nitrogens with zero attached hydrogens (tertiary/aromatic N) is 1. The highest BCUT2D eigenvalue weighted by Gasteiger charge is 2.34. The molecule has 1 N–H and O–H groups in total. The fourth-order valence-corrected chi connectivity index (χ4v) is 2.43. The van der Waals surface area contributed by atoms with Crippen LogP contribution in [0.4, 0.5) is 0 Å². The lowest BCUT2D eigenvalue weighted by Crippen LogP contribution is -2.38. The van der Waals surface area contributed by atoms with Gasteiger partial charge in [0.05, 0.1) is 12.7 Å². The molecule has 1 aromatic carbocycles. The standard InChI is InChI=1S/C15H25NO2/c1-6-15(17,12(2)11-16(3)4)13-8-7-9-14(10-13)18-5/h7-10,12,17H,6,11H2,1-5H3/t12-,15?/m1/s1. The molecule has 0 saturated carbocycles. The van der Waals surface area contributed by atoms with Crippen LogP contribution in [-0.4, -0.2) is 37.8 Å². The van der Waals surface area contributed by atoms with Gasteiger partial charge >= 0.3 is 0 Å². The summed E-state index contributed by atoms with van der Waals surface area (Å²) >= 11 is 0. The van der Waals surface area contributed by atoms with Crippen LogP contribution in [0.5, 0.6) is 5.75 Å². The zero-order valence-corrected chi connectivity index (χ0v) is 12.1. The molecule has 0 aliphatic heterocycles. The molecule has 102 valence electrons. The summed E-state index contributed by atoms with van der Waals surface area (Å²) in [5, 5.41) is 10.9. The number of hydrogen-bond acceptors (Lipinski definition) is 3. The molecule has 0 aliphatic rings. The summed E-state index contributed by atoms with van der Waals surface area (Å²) in [7, 11) is 5.70. The minimum absolute atomic E-state index is 0.157. The number of hydrogen-bond donors (Lipinski definition) is 1. The predicted molar refractivity (Wildman–Crippen MR) is 74.9 cm³/mol. The first-order chi connectivity index (χ1) is 8.43. The minimum atomic E-state index is -0.807. The molecule has 3 heteroatoms. The molecule has 1 unspecified atom stereocenters. The molecular formula is C15H25NO2. The van der Waals surface area contributed by atoms with E-state index in [1.807, 2.05) is 45.3 Å². The van der Waals surface area contributed by atoms with Crippen LogP contribution in [0.15, 0.2) is 24.3 Å². The van der Waals surface area contributed by atoms with Gasteiger partial charge in [0.2, 0.25) is 0 Å². The van der Waals surface area contributed by atoms with Gasteiger partial charge in [-0.25, -0.2) is 0 Å². The summed E-state index contributed by atoms with van der Waals surface area (Å²) in [5.41, 5.74) is 0.123. The van der Waals surface area contributed by atoms with E-state index in [1.165, 1.54) is 0 Å². The molecule has 1 aromatic rings. The summed E-state index contributed by atoms with van der Waals surface area (Å²) in [6.45, 7) is 4.95. The highest BCUT2D eigenvalue weighted by atomic mass is 16.5. The first-order valence-electron chi connectivity index (χ1n) is 6.45. The van der Waals surface area contributed by atoms with E-state index in [1.54, 1.807) is 7.11 Å². The number of rotatable bonds is 6. The van der Waals surface area contributed by atoms with Crippen LogP contribution in [0.2, 0.25) is 0 Å². The van der Waals surface area contributed by atoms with Crippen LogP contribution in [0.25, 0.3) is 0 Å². The van der Waals surface area contributed by atoms with E-state index < -0.39 is 5.60 Å². The van der Waals surface area contributed by atoms with E-state index in [9.17, 15) is 5.11 Å². The summed E-state index contributed by atoms with van der Waals surface area (Å²) in [6, 6.07) is 7.72. The molecule has 0 radical (unpaired) electrons. The quantitative estimate of drug-likeness (QED) is 0.843. The Morgan fingerprint density at radius 1 is 1.39 bits per heavy atom. The second-order valence-corrected chi connectivity index (χ2v) is 5.17. The van der Waals surface area contributed by atoms with Crippen molar-refractivity contribution < 1.29 is 9.84 Å². The molecule has 0 fully saturated rings. The molecule has 2 atom stereocenters. The van der Waals surface area contributed by atoms with Crippen molar-refractivity contribution in [3.63, 3.8) is 0 Å². The molecule has 0 spiro atoms. The zero-order chi connectivity index (χ0) is 13.8. The fourth-order valence-electron chi connectivity index (χ4n) is 2.43. The molecule has 0 bridgehead atoms. The third kappa shape index (κ3) is 3.24. The van der Waals surface area contributed by atoms with Gasteiger partial charge in [-0.3, -0.25) is 0 Å². The summed E-state index contributed by atoms with van der Waals surface area (Å²) in [4.78, 5) is 2.10. The van der Waals surface area contributed by atoms with Crippen LogP contribution in [0.1, 0.15) is 25.8 Å². The van der Waals surface area contributed by atoms with Gasteiger partial charge in [0.15, 0.2) is 0 Å². The lowest BCUT2D eigenvalue weighted by atomic mass is 9.80. The van der Waals surface area contributed by atoms with Crippen LogP contribution in [-0.2, 0) is 5.60 Å². The normalized spacial score (nSPS) is 16.4. The van der Waals surface area contributed by atoms with E-state index in [2.05, 4.69) is 11.8 Å². The highest BCUT2D eigenvalue weighted by molar-refractivity contribution is 5.32. The van der Waals surface area contributed by atoms with Crippen molar-refractivity contribution in [3.8, 4) is 5.75 Å². The molecule has 0 aliphatic carbocycles.